The molecular weight excluding hydrogens is 238 g/mol. The van der Waals surface area contributed by atoms with Crippen molar-refractivity contribution >= 4 is 11.6 Å². The number of aryl methyl sites for hydroxylation is 1. The zero-order valence-corrected chi connectivity index (χ0v) is 11.5. The van der Waals surface area contributed by atoms with Gasteiger partial charge in [-0.2, -0.15) is 0 Å². The minimum atomic E-state index is 0.129. The molecule has 1 aliphatic carbocycles. The van der Waals surface area contributed by atoms with Crippen molar-refractivity contribution in [2.24, 2.45) is 17.8 Å². The second-order valence-electron chi connectivity index (χ2n) is 6.23. The highest BCUT2D eigenvalue weighted by Gasteiger charge is 2.36. The summed E-state index contributed by atoms with van der Waals surface area (Å²) in [6, 6.07) is 3.86. The normalized spacial score (nSPS) is 31.9. The molecule has 1 aliphatic heterocycles. The van der Waals surface area contributed by atoms with Gasteiger partial charge < -0.3 is 4.57 Å². The van der Waals surface area contributed by atoms with E-state index in [0.29, 0.717) is 24.5 Å². The van der Waals surface area contributed by atoms with Crippen LogP contribution >= 0.6 is 0 Å². The van der Waals surface area contributed by atoms with E-state index in [4.69, 9.17) is 0 Å². The van der Waals surface area contributed by atoms with Crippen LogP contribution in [0.3, 0.4) is 0 Å². The van der Waals surface area contributed by atoms with Crippen LogP contribution in [0.4, 0.5) is 0 Å². The molecule has 1 aromatic rings. The largest absolute Gasteiger partial charge is 0.345 e. The number of rotatable bonds is 0. The van der Waals surface area contributed by atoms with Crippen LogP contribution < -0.4 is 0 Å². The molecule has 0 unspecified atom stereocenters. The van der Waals surface area contributed by atoms with E-state index in [2.05, 4.69) is 6.92 Å². The third-order valence-corrected chi connectivity index (χ3v) is 4.71. The molecule has 1 aromatic heterocycles. The number of fused-ring (bicyclic) bond motifs is 2. The van der Waals surface area contributed by atoms with Crippen LogP contribution in [-0.2, 0) is 11.3 Å². The van der Waals surface area contributed by atoms with Gasteiger partial charge in [-0.3, -0.25) is 9.59 Å². The maximum absolute atomic E-state index is 12.4. The first-order chi connectivity index (χ1) is 9.15. The summed E-state index contributed by atoms with van der Waals surface area (Å²) in [7, 11) is 0. The van der Waals surface area contributed by atoms with Gasteiger partial charge in [0.15, 0.2) is 5.78 Å². The molecule has 0 aromatic carbocycles. The van der Waals surface area contributed by atoms with Crippen molar-refractivity contribution in [3.63, 3.8) is 0 Å². The minimum Gasteiger partial charge on any atom is -0.345 e. The maximum atomic E-state index is 12.4. The van der Waals surface area contributed by atoms with E-state index in [-0.39, 0.29) is 17.6 Å². The Morgan fingerprint density at radius 2 is 2.11 bits per heavy atom. The lowest BCUT2D eigenvalue weighted by Gasteiger charge is -2.33. The van der Waals surface area contributed by atoms with E-state index >= 15 is 0 Å². The van der Waals surface area contributed by atoms with Crippen LogP contribution in [0.25, 0.3) is 0 Å². The lowest BCUT2D eigenvalue weighted by atomic mass is 9.70. The van der Waals surface area contributed by atoms with Crippen molar-refractivity contribution < 1.29 is 9.59 Å². The third-order valence-electron chi connectivity index (χ3n) is 4.71. The van der Waals surface area contributed by atoms with Crippen molar-refractivity contribution in [3.05, 3.63) is 24.0 Å². The van der Waals surface area contributed by atoms with Gasteiger partial charge in [0.1, 0.15) is 5.78 Å². The summed E-state index contributed by atoms with van der Waals surface area (Å²) < 4.78 is 2.05. The zero-order chi connectivity index (χ0) is 13.4. The summed E-state index contributed by atoms with van der Waals surface area (Å²) in [5, 5.41) is 0. The molecule has 102 valence electrons. The number of ketones is 2. The number of hydrogen-bond donors (Lipinski definition) is 0. The summed E-state index contributed by atoms with van der Waals surface area (Å²) in [6.45, 7) is 2.99. The molecule has 0 saturated heterocycles. The van der Waals surface area contributed by atoms with Crippen molar-refractivity contribution in [3.8, 4) is 0 Å². The Labute approximate surface area is 114 Å². The van der Waals surface area contributed by atoms with Gasteiger partial charge in [0.25, 0.3) is 0 Å². The van der Waals surface area contributed by atoms with Crippen LogP contribution in [0.1, 0.15) is 49.5 Å². The molecule has 1 saturated carbocycles. The monoisotopic (exact) mass is 259 g/mol. The Balaban J connectivity index is 1.88. The van der Waals surface area contributed by atoms with Crippen molar-refractivity contribution in [1.82, 2.24) is 4.57 Å². The summed E-state index contributed by atoms with van der Waals surface area (Å²) in [6.07, 6.45) is 6.21. The highest BCUT2D eigenvalue weighted by molar-refractivity contribution is 5.95. The molecule has 3 heteroatoms. The van der Waals surface area contributed by atoms with Crippen LogP contribution in [-0.4, -0.2) is 16.1 Å². The number of carbonyl (C=O) groups excluding carboxylic acids is 2. The summed E-state index contributed by atoms with van der Waals surface area (Å²) in [5.41, 5.74) is 0.825. The average Bonchev–Trinajstić information content (AvgIpc) is 2.80. The minimum absolute atomic E-state index is 0.129. The molecule has 2 heterocycles. The van der Waals surface area contributed by atoms with Gasteiger partial charge in [0.05, 0.1) is 5.69 Å². The number of carbonyl (C=O) groups is 2. The zero-order valence-electron chi connectivity index (χ0n) is 11.5. The van der Waals surface area contributed by atoms with E-state index in [1.54, 1.807) is 0 Å². The Morgan fingerprint density at radius 3 is 2.95 bits per heavy atom. The van der Waals surface area contributed by atoms with E-state index < -0.39 is 0 Å². The van der Waals surface area contributed by atoms with Gasteiger partial charge in [-0.05, 0) is 43.2 Å². The highest BCUT2D eigenvalue weighted by Crippen LogP contribution is 2.37. The molecule has 0 N–H and O–H groups in total. The van der Waals surface area contributed by atoms with Gasteiger partial charge in [0.2, 0.25) is 0 Å². The van der Waals surface area contributed by atoms with E-state index in [1.807, 2.05) is 22.9 Å². The van der Waals surface area contributed by atoms with E-state index in [0.717, 1.165) is 31.5 Å². The average molecular weight is 259 g/mol. The predicted molar refractivity (Wildman–Crippen MR) is 73.0 cm³/mol. The molecule has 0 radical (unpaired) electrons. The third kappa shape index (κ3) is 2.38. The molecule has 2 aliphatic rings. The molecule has 1 fully saturated rings. The van der Waals surface area contributed by atoms with Gasteiger partial charge in [0, 0.05) is 31.5 Å². The van der Waals surface area contributed by atoms with Gasteiger partial charge in [-0.25, -0.2) is 0 Å². The topological polar surface area (TPSA) is 39.1 Å². The number of hydrogen-bond acceptors (Lipinski definition) is 2. The second-order valence-corrected chi connectivity index (χ2v) is 6.23. The first-order valence-corrected chi connectivity index (χ1v) is 7.36. The lowest BCUT2D eigenvalue weighted by Crippen LogP contribution is -2.33. The maximum Gasteiger partial charge on any atom is 0.179 e. The first-order valence-electron chi connectivity index (χ1n) is 7.36. The predicted octanol–water partition coefficient (Wildman–Crippen LogP) is 3.09. The first kappa shape index (κ1) is 12.6. The fourth-order valence-corrected chi connectivity index (χ4v) is 3.83. The summed E-state index contributed by atoms with van der Waals surface area (Å²) in [4.78, 5) is 24.6. The Morgan fingerprint density at radius 1 is 1.26 bits per heavy atom. The van der Waals surface area contributed by atoms with Gasteiger partial charge in [-0.1, -0.05) is 6.92 Å². The fraction of sp³-hybridized carbons (Fsp3) is 0.625. The molecular formula is C16H21NO2. The van der Waals surface area contributed by atoms with Gasteiger partial charge in [-0.15, -0.1) is 0 Å². The van der Waals surface area contributed by atoms with Crippen molar-refractivity contribution in [2.45, 2.75) is 45.6 Å². The van der Waals surface area contributed by atoms with Crippen LogP contribution in [0.2, 0.25) is 0 Å². The lowest BCUT2D eigenvalue weighted by molar-refractivity contribution is -0.128. The SMILES string of the molecule is C[C@H]1CC(=O)[C@H]2CCCn3cccc3C(=O)C[C@@H]2C1. The highest BCUT2D eigenvalue weighted by atomic mass is 16.1. The molecule has 0 amide bonds. The molecule has 0 bridgehead atoms. The smallest absolute Gasteiger partial charge is 0.179 e. The molecule has 0 spiro atoms. The molecule has 3 rings (SSSR count). The van der Waals surface area contributed by atoms with Crippen molar-refractivity contribution in [2.75, 3.05) is 0 Å². The van der Waals surface area contributed by atoms with E-state index in [9.17, 15) is 9.59 Å². The number of aromatic nitrogens is 1. The van der Waals surface area contributed by atoms with Crippen molar-refractivity contribution in [1.29, 1.82) is 0 Å². The van der Waals surface area contributed by atoms with Crippen LogP contribution in [0, 0.1) is 17.8 Å². The number of nitrogens with zero attached hydrogens (tertiary/aromatic N) is 1. The summed E-state index contributed by atoms with van der Waals surface area (Å²) in [5.74, 6) is 1.44. The van der Waals surface area contributed by atoms with Crippen LogP contribution in [0.15, 0.2) is 18.3 Å². The Hall–Kier alpha value is -1.38. The number of Topliss-reactive ketones (excluding diaryl/α,β-unsaturated/α-hetero) is 2. The molecule has 19 heavy (non-hydrogen) atoms. The second kappa shape index (κ2) is 4.95. The molecule has 3 atom stereocenters. The Bertz CT molecular complexity index is 503. The van der Waals surface area contributed by atoms with Gasteiger partial charge >= 0.3 is 0 Å². The quantitative estimate of drug-likeness (QED) is 0.718. The summed E-state index contributed by atoms with van der Waals surface area (Å²) >= 11 is 0. The van der Waals surface area contributed by atoms with E-state index in [1.165, 1.54) is 0 Å². The standard InChI is InChI=1S/C16H21NO2/c1-11-8-12-10-16(19)14-5-3-7-17(14)6-2-4-13(12)15(18)9-11/h3,5,7,11-13H,2,4,6,8-10H2,1H3/t11-,12+,13+/m1/s1. The molecule has 3 nitrogen and oxygen atoms in total. The Kier molecular flexibility index (Phi) is 3.29. The fourth-order valence-electron chi connectivity index (χ4n) is 3.83. The van der Waals surface area contributed by atoms with Crippen LogP contribution in [0.5, 0.6) is 0 Å².